The van der Waals surface area contributed by atoms with Crippen molar-refractivity contribution in [2.24, 2.45) is 0 Å². The Morgan fingerprint density at radius 2 is 1.62 bits per heavy atom. The number of rotatable bonds is 1. The van der Waals surface area contributed by atoms with Crippen LogP contribution in [0.1, 0.15) is 48.0 Å². The fourth-order valence-electron chi connectivity index (χ4n) is 1.69. The molecule has 6 heteroatoms. The lowest BCUT2D eigenvalue weighted by Gasteiger charge is -2.33. The fourth-order valence-corrected chi connectivity index (χ4v) is 1.69. The topological polar surface area (TPSA) is 72.9 Å². The quantitative estimate of drug-likeness (QED) is 0.695. The Kier molecular flexibility index (Phi) is 4.81. The highest BCUT2D eigenvalue weighted by molar-refractivity contribution is 5.97. The summed E-state index contributed by atoms with van der Waals surface area (Å²) in [6.45, 7) is 10.4. The molecule has 0 radical (unpaired) electrons. The average Bonchev–Trinajstić information content (AvgIpc) is 2.23. The number of hydrogen-bond acceptors (Lipinski definition) is 5. The van der Waals surface area contributed by atoms with E-state index >= 15 is 0 Å². The molecule has 0 spiro atoms. The van der Waals surface area contributed by atoms with Crippen LogP contribution in [0.2, 0.25) is 0 Å². The highest BCUT2D eigenvalue weighted by atomic mass is 16.6. The van der Waals surface area contributed by atoms with Gasteiger partial charge < -0.3 is 9.47 Å². The predicted octanol–water partition coefficient (Wildman–Crippen LogP) is 2.42. The number of carbonyl (C=O) groups is 3. The lowest BCUT2D eigenvalue weighted by Crippen LogP contribution is -2.49. The minimum Gasteiger partial charge on any atom is -0.458 e. The van der Waals surface area contributed by atoms with Crippen molar-refractivity contribution in [1.82, 2.24) is 4.90 Å². The van der Waals surface area contributed by atoms with Crippen molar-refractivity contribution in [2.45, 2.75) is 65.2 Å². The number of ether oxygens (including phenoxy) is 2. The number of amides is 1. The summed E-state index contributed by atoms with van der Waals surface area (Å²) >= 11 is 0. The van der Waals surface area contributed by atoms with E-state index in [1.165, 1.54) is 12.3 Å². The molecule has 1 aliphatic rings. The second kappa shape index (κ2) is 5.87. The second-order valence-corrected chi connectivity index (χ2v) is 6.92. The summed E-state index contributed by atoms with van der Waals surface area (Å²) in [6.07, 6.45) is 1.74. The lowest BCUT2D eigenvalue weighted by molar-refractivity contribution is -0.161. The smallest absolute Gasteiger partial charge is 0.415 e. The van der Waals surface area contributed by atoms with E-state index in [4.69, 9.17) is 9.47 Å². The first kappa shape index (κ1) is 17.2. The van der Waals surface area contributed by atoms with Gasteiger partial charge >= 0.3 is 12.1 Å². The lowest BCUT2D eigenvalue weighted by atomic mass is 10.1. The van der Waals surface area contributed by atoms with Gasteiger partial charge in [-0.3, -0.25) is 9.69 Å². The summed E-state index contributed by atoms with van der Waals surface area (Å²) < 4.78 is 10.5. The fraction of sp³-hybridized carbons (Fsp3) is 0.667. The Labute approximate surface area is 125 Å². The molecule has 0 aliphatic carbocycles. The molecule has 0 saturated carbocycles. The molecule has 0 aromatic carbocycles. The number of esters is 1. The zero-order valence-corrected chi connectivity index (χ0v) is 13.4. The predicted molar refractivity (Wildman–Crippen MR) is 76.5 cm³/mol. The van der Waals surface area contributed by atoms with Crippen LogP contribution >= 0.6 is 0 Å². The molecule has 6 nitrogen and oxygen atoms in total. The summed E-state index contributed by atoms with van der Waals surface area (Å²) in [5.41, 5.74) is -1.38. The van der Waals surface area contributed by atoms with Gasteiger partial charge in [0.15, 0.2) is 5.78 Å². The number of carbonyl (C=O) groups excluding carboxylic acids is 3. The van der Waals surface area contributed by atoms with E-state index in [1.54, 1.807) is 41.5 Å². The highest BCUT2D eigenvalue weighted by Gasteiger charge is 2.37. The summed E-state index contributed by atoms with van der Waals surface area (Å²) in [6, 6.07) is -0.989. The van der Waals surface area contributed by atoms with Crippen LogP contribution in [-0.4, -0.2) is 40.0 Å². The van der Waals surface area contributed by atoms with E-state index < -0.39 is 29.3 Å². The van der Waals surface area contributed by atoms with Crippen LogP contribution in [0.25, 0.3) is 0 Å². The van der Waals surface area contributed by atoms with E-state index in [2.05, 4.69) is 0 Å². The first-order valence-corrected chi connectivity index (χ1v) is 6.84. The normalized spacial score (nSPS) is 19.4. The molecule has 0 bridgehead atoms. The van der Waals surface area contributed by atoms with Gasteiger partial charge in [-0.05, 0) is 47.6 Å². The molecule has 0 aromatic rings. The molecule has 0 aromatic heterocycles. The van der Waals surface area contributed by atoms with Gasteiger partial charge in [0, 0.05) is 12.6 Å². The Hall–Kier alpha value is -1.85. The third-order valence-corrected chi connectivity index (χ3v) is 2.43. The van der Waals surface area contributed by atoms with Crippen LogP contribution in [0.3, 0.4) is 0 Å². The van der Waals surface area contributed by atoms with Crippen LogP contribution < -0.4 is 0 Å². The van der Waals surface area contributed by atoms with Crippen molar-refractivity contribution < 1.29 is 23.9 Å². The van der Waals surface area contributed by atoms with E-state index in [9.17, 15) is 14.4 Å². The molecule has 0 fully saturated rings. The second-order valence-electron chi connectivity index (χ2n) is 6.92. The van der Waals surface area contributed by atoms with Gasteiger partial charge in [0.1, 0.15) is 17.2 Å². The summed E-state index contributed by atoms with van der Waals surface area (Å²) in [5, 5.41) is 0. The molecule has 21 heavy (non-hydrogen) atoms. The zero-order valence-electron chi connectivity index (χ0n) is 13.4. The number of ketones is 1. The maximum absolute atomic E-state index is 12.2. The average molecular weight is 297 g/mol. The van der Waals surface area contributed by atoms with Gasteiger partial charge in [0.05, 0.1) is 0 Å². The largest absolute Gasteiger partial charge is 0.458 e. The van der Waals surface area contributed by atoms with E-state index in [1.807, 2.05) is 0 Å². The molecular weight excluding hydrogens is 274 g/mol. The molecule has 0 saturated heterocycles. The third-order valence-electron chi connectivity index (χ3n) is 2.43. The van der Waals surface area contributed by atoms with Gasteiger partial charge in [-0.1, -0.05) is 0 Å². The number of hydrogen-bond donors (Lipinski definition) is 0. The van der Waals surface area contributed by atoms with Crippen molar-refractivity contribution in [2.75, 3.05) is 0 Å². The van der Waals surface area contributed by atoms with Gasteiger partial charge in [-0.2, -0.15) is 0 Å². The molecule has 1 aliphatic heterocycles. The summed E-state index contributed by atoms with van der Waals surface area (Å²) in [4.78, 5) is 37.0. The Balaban J connectivity index is 2.93. The Bertz CT molecular complexity index is 467. The van der Waals surface area contributed by atoms with Crippen LogP contribution in [0.4, 0.5) is 4.79 Å². The maximum Gasteiger partial charge on any atom is 0.415 e. The van der Waals surface area contributed by atoms with Crippen molar-refractivity contribution in [3.8, 4) is 0 Å². The monoisotopic (exact) mass is 297 g/mol. The van der Waals surface area contributed by atoms with E-state index in [0.29, 0.717) is 0 Å². The molecule has 1 rings (SSSR count). The van der Waals surface area contributed by atoms with E-state index in [-0.39, 0.29) is 12.2 Å². The standard InChI is InChI=1S/C15H23NO5/c1-14(2,3)20-12(18)11-9-10(17)7-8-16(11)13(19)21-15(4,5)6/h7-8,11H,9H2,1-6H3. The van der Waals surface area contributed by atoms with Crippen molar-refractivity contribution in [3.05, 3.63) is 12.3 Å². The Morgan fingerprint density at radius 3 is 2.10 bits per heavy atom. The molecule has 1 unspecified atom stereocenters. The molecule has 1 amide bonds. The highest BCUT2D eigenvalue weighted by Crippen LogP contribution is 2.20. The minimum atomic E-state index is -0.989. The first-order valence-electron chi connectivity index (χ1n) is 6.84. The third kappa shape index (κ3) is 5.57. The minimum absolute atomic E-state index is 0.106. The number of allylic oxidation sites excluding steroid dienone is 1. The summed E-state index contributed by atoms with van der Waals surface area (Å²) in [7, 11) is 0. The van der Waals surface area contributed by atoms with Crippen molar-refractivity contribution in [3.63, 3.8) is 0 Å². The molecule has 0 N–H and O–H groups in total. The zero-order chi connectivity index (χ0) is 16.4. The van der Waals surface area contributed by atoms with Gasteiger partial charge in [-0.15, -0.1) is 0 Å². The van der Waals surface area contributed by atoms with Crippen LogP contribution in [0.15, 0.2) is 12.3 Å². The summed E-state index contributed by atoms with van der Waals surface area (Å²) in [5.74, 6) is -0.850. The molecule has 1 heterocycles. The van der Waals surface area contributed by atoms with Crippen molar-refractivity contribution in [1.29, 1.82) is 0 Å². The van der Waals surface area contributed by atoms with Crippen LogP contribution in [0, 0.1) is 0 Å². The Morgan fingerprint density at radius 1 is 1.10 bits per heavy atom. The molecule has 118 valence electrons. The van der Waals surface area contributed by atoms with Gasteiger partial charge in [0.2, 0.25) is 0 Å². The van der Waals surface area contributed by atoms with Crippen LogP contribution in [0.5, 0.6) is 0 Å². The molecular formula is C15H23NO5. The van der Waals surface area contributed by atoms with Crippen LogP contribution in [-0.2, 0) is 19.1 Å². The van der Waals surface area contributed by atoms with Gasteiger partial charge in [0.25, 0.3) is 0 Å². The SMILES string of the molecule is CC(C)(C)OC(=O)C1CC(=O)C=CN1C(=O)OC(C)(C)C. The maximum atomic E-state index is 12.2. The first-order chi connectivity index (χ1) is 9.39. The van der Waals surface area contributed by atoms with Crippen molar-refractivity contribution >= 4 is 17.8 Å². The molecule has 1 atom stereocenters. The van der Waals surface area contributed by atoms with E-state index in [0.717, 1.165) is 4.90 Å². The number of nitrogens with zero attached hydrogens (tertiary/aromatic N) is 1. The van der Waals surface area contributed by atoms with Gasteiger partial charge in [-0.25, -0.2) is 9.59 Å².